The zero-order chi connectivity index (χ0) is 13.9. The Bertz CT molecular complexity index is 345. The van der Waals surface area contributed by atoms with E-state index in [0.717, 1.165) is 26.0 Å². The first-order valence-electron chi connectivity index (χ1n) is 7.17. The van der Waals surface area contributed by atoms with Crippen LogP contribution in [0.1, 0.15) is 45.2 Å². The average Bonchev–Trinajstić information content (AvgIpc) is 2.45. The molecule has 1 aromatic heterocycles. The van der Waals surface area contributed by atoms with Crippen LogP contribution < -0.4 is 10.1 Å². The highest BCUT2D eigenvalue weighted by molar-refractivity contribution is 5.23. The van der Waals surface area contributed by atoms with Gasteiger partial charge >= 0.3 is 0 Å². The highest BCUT2D eigenvalue weighted by atomic mass is 16.5. The van der Waals surface area contributed by atoms with E-state index in [-0.39, 0.29) is 0 Å². The summed E-state index contributed by atoms with van der Waals surface area (Å²) in [5, 5.41) is 3.45. The van der Waals surface area contributed by atoms with Crippen molar-refractivity contribution in [3.8, 4) is 5.88 Å². The van der Waals surface area contributed by atoms with Crippen molar-refractivity contribution < 1.29 is 9.47 Å². The Morgan fingerprint density at radius 1 is 1.21 bits per heavy atom. The third-order valence-corrected chi connectivity index (χ3v) is 2.79. The summed E-state index contributed by atoms with van der Waals surface area (Å²) in [5.74, 6) is 0.669. The SMILES string of the molecule is CCCNC(C)c1ccnc(OCCOCCC)c1. The average molecular weight is 266 g/mol. The molecule has 0 fully saturated rings. The largest absolute Gasteiger partial charge is 0.475 e. The lowest BCUT2D eigenvalue weighted by atomic mass is 10.1. The molecule has 4 heteroatoms. The van der Waals surface area contributed by atoms with E-state index < -0.39 is 0 Å². The van der Waals surface area contributed by atoms with Gasteiger partial charge < -0.3 is 14.8 Å². The first-order valence-corrected chi connectivity index (χ1v) is 7.17. The monoisotopic (exact) mass is 266 g/mol. The van der Waals surface area contributed by atoms with Gasteiger partial charge in [0.1, 0.15) is 6.61 Å². The molecule has 0 saturated heterocycles. The van der Waals surface area contributed by atoms with Crippen LogP contribution in [0.5, 0.6) is 5.88 Å². The van der Waals surface area contributed by atoms with E-state index in [0.29, 0.717) is 25.1 Å². The van der Waals surface area contributed by atoms with Gasteiger partial charge in [0.2, 0.25) is 5.88 Å². The van der Waals surface area contributed by atoms with Gasteiger partial charge in [-0.1, -0.05) is 13.8 Å². The van der Waals surface area contributed by atoms with Crippen LogP contribution in [0.3, 0.4) is 0 Å². The van der Waals surface area contributed by atoms with E-state index in [9.17, 15) is 0 Å². The Morgan fingerprint density at radius 2 is 2.05 bits per heavy atom. The highest BCUT2D eigenvalue weighted by Crippen LogP contribution is 2.16. The molecule has 1 unspecified atom stereocenters. The quantitative estimate of drug-likeness (QED) is 0.661. The van der Waals surface area contributed by atoms with Crippen molar-refractivity contribution in [2.24, 2.45) is 0 Å². The first kappa shape index (κ1) is 15.9. The van der Waals surface area contributed by atoms with Crippen LogP contribution in [0.4, 0.5) is 0 Å². The molecule has 19 heavy (non-hydrogen) atoms. The van der Waals surface area contributed by atoms with E-state index >= 15 is 0 Å². The van der Waals surface area contributed by atoms with Crippen LogP contribution in [0, 0.1) is 0 Å². The zero-order valence-corrected chi connectivity index (χ0v) is 12.3. The molecule has 0 spiro atoms. The van der Waals surface area contributed by atoms with Crippen molar-refractivity contribution in [1.82, 2.24) is 10.3 Å². The number of pyridine rings is 1. The summed E-state index contributed by atoms with van der Waals surface area (Å²) < 4.78 is 11.0. The van der Waals surface area contributed by atoms with Gasteiger partial charge in [0, 0.05) is 24.9 Å². The number of ether oxygens (including phenoxy) is 2. The fourth-order valence-corrected chi connectivity index (χ4v) is 1.70. The second-order valence-electron chi connectivity index (χ2n) is 4.56. The molecule has 1 heterocycles. The molecule has 1 atom stereocenters. The predicted octanol–water partition coefficient (Wildman–Crippen LogP) is 2.95. The molecule has 1 N–H and O–H groups in total. The Morgan fingerprint density at radius 3 is 2.79 bits per heavy atom. The smallest absolute Gasteiger partial charge is 0.213 e. The van der Waals surface area contributed by atoms with Crippen LogP contribution in [0.15, 0.2) is 18.3 Å². The molecule has 4 nitrogen and oxygen atoms in total. The van der Waals surface area contributed by atoms with Gasteiger partial charge in [-0.05, 0) is 37.9 Å². The van der Waals surface area contributed by atoms with Crippen LogP contribution in [0.25, 0.3) is 0 Å². The van der Waals surface area contributed by atoms with Crippen molar-refractivity contribution in [1.29, 1.82) is 0 Å². The second-order valence-corrected chi connectivity index (χ2v) is 4.56. The molecule has 0 aliphatic carbocycles. The number of aromatic nitrogens is 1. The molecule has 0 saturated carbocycles. The lowest BCUT2D eigenvalue weighted by Gasteiger charge is -2.14. The molecule has 0 bridgehead atoms. The minimum atomic E-state index is 0.321. The van der Waals surface area contributed by atoms with Gasteiger partial charge in [-0.15, -0.1) is 0 Å². The van der Waals surface area contributed by atoms with Gasteiger partial charge in [0.25, 0.3) is 0 Å². The van der Waals surface area contributed by atoms with Crippen LogP contribution >= 0.6 is 0 Å². The van der Waals surface area contributed by atoms with Gasteiger partial charge in [0.05, 0.1) is 6.61 Å². The van der Waals surface area contributed by atoms with Gasteiger partial charge in [-0.3, -0.25) is 0 Å². The summed E-state index contributed by atoms with van der Waals surface area (Å²) in [4.78, 5) is 4.21. The topological polar surface area (TPSA) is 43.4 Å². The van der Waals surface area contributed by atoms with Gasteiger partial charge in [-0.25, -0.2) is 4.98 Å². The Hall–Kier alpha value is -1.13. The molecule has 0 amide bonds. The molecule has 0 radical (unpaired) electrons. The molecule has 108 valence electrons. The van der Waals surface area contributed by atoms with Crippen molar-refractivity contribution >= 4 is 0 Å². The zero-order valence-electron chi connectivity index (χ0n) is 12.3. The van der Waals surface area contributed by atoms with Crippen molar-refractivity contribution in [3.05, 3.63) is 23.9 Å². The summed E-state index contributed by atoms with van der Waals surface area (Å²) >= 11 is 0. The van der Waals surface area contributed by atoms with E-state index in [2.05, 4.69) is 31.1 Å². The molecule has 0 aromatic carbocycles. The van der Waals surface area contributed by atoms with E-state index in [1.807, 2.05) is 12.1 Å². The lowest BCUT2D eigenvalue weighted by Crippen LogP contribution is -2.19. The normalized spacial score (nSPS) is 12.4. The number of nitrogens with zero attached hydrogens (tertiary/aromatic N) is 1. The van der Waals surface area contributed by atoms with Crippen molar-refractivity contribution in [3.63, 3.8) is 0 Å². The lowest BCUT2D eigenvalue weighted by molar-refractivity contribution is 0.0990. The standard InChI is InChI=1S/C15H26N2O2/c1-4-7-16-13(3)14-6-8-17-15(12-14)19-11-10-18-9-5-2/h6,8,12-13,16H,4-5,7,9-11H2,1-3H3. The maximum absolute atomic E-state index is 5.58. The Labute approximate surface area is 116 Å². The molecular weight excluding hydrogens is 240 g/mol. The third kappa shape index (κ3) is 6.55. The summed E-state index contributed by atoms with van der Waals surface area (Å²) in [5.41, 5.74) is 1.20. The summed E-state index contributed by atoms with van der Waals surface area (Å²) in [6.07, 6.45) is 3.96. The Balaban J connectivity index is 2.38. The molecule has 0 aliphatic heterocycles. The third-order valence-electron chi connectivity index (χ3n) is 2.79. The van der Waals surface area contributed by atoms with E-state index in [1.165, 1.54) is 5.56 Å². The van der Waals surface area contributed by atoms with Gasteiger partial charge in [-0.2, -0.15) is 0 Å². The van der Waals surface area contributed by atoms with Gasteiger partial charge in [0.15, 0.2) is 0 Å². The number of nitrogens with one attached hydrogen (secondary N) is 1. The van der Waals surface area contributed by atoms with E-state index in [1.54, 1.807) is 6.20 Å². The molecule has 0 aliphatic rings. The highest BCUT2D eigenvalue weighted by Gasteiger charge is 2.06. The first-order chi connectivity index (χ1) is 9.27. The minimum absolute atomic E-state index is 0.321. The van der Waals surface area contributed by atoms with Crippen LogP contribution in [-0.2, 0) is 4.74 Å². The van der Waals surface area contributed by atoms with E-state index in [4.69, 9.17) is 9.47 Å². The molecular formula is C15H26N2O2. The maximum atomic E-state index is 5.58. The fraction of sp³-hybridized carbons (Fsp3) is 0.667. The number of hydrogen-bond acceptors (Lipinski definition) is 4. The van der Waals surface area contributed by atoms with Crippen molar-refractivity contribution in [2.75, 3.05) is 26.4 Å². The maximum Gasteiger partial charge on any atom is 0.213 e. The fourth-order valence-electron chi connectivity index (χ4n) is 1.70. The molecule has 1 rings (SSSR count). The molecule has 1 aromatic rings. The number of hydrogen-bond donors (Lipinski definition) is 1. The predicted molar refractivity (Wildman–Crippen MR) is 77.6 cm³/mol. The number of rotatable bonds is 10. The van der Waals surface area contributed by atoms with Crippen molar-refractivity contribution in [2.45, 2.75) is 39.7 Å². The van der Waals surface area contributed by atoms with Crippen LogP contribution in [0.2, 0.25) is 0 Å². The van der Waals surface area contributed by atoms with Crippen LogP contribution in [-0.4, -0.2) is 31.3 Å². The second kappa shape index (κ2) is 9.75. The summed E-state index contributed by atoms with van der Waals surface area (Å²) in [7, 11) is 0. The Kier molecular flexibility index (Phi) is 8.18. The summed E-state index contributed by atoms with van der Waals surface area (Å²) in [6.45, 7) is 9.38. The summed E-state index contributed by atoms with van der Waals surface area (Å²) in [6, 6.07) is 4.34. The minimum Gasteiger partial charge on any atom is -0.475 e.